The molecule has 0 saturated carbocycles. The lowest BCUT2D eigenvalue weighted by Gasteiger charge is -2.33. The van der Waals surface area contributed by atoms with Gasteiger partial charge in [-0.2, -0.15) is 0 Å². The normalized spacial score (nSPS) is 14.3. The van der Waals surface area contributed by atoms with Crippen LogP contribution in [0.2, 0.25) is 5.02 Å². The summed E-state index contributed by atoms with van der Waals surface area (Å²) in [6, 6.07) is 23.1. The molecule has 2 amide bonds. The van der Waals surface area contributed by atoms with Gasteiger partial charge in [0.15, 0.2) is 5.78 Å². The Labute approximate surface area is 209 Å². The molecule has 1 fully saturated rings. The van der Waals surface area contributed by atoms with Crippen molar-refractivity contribution in [1.82, 2.24) is 9.80 Å². The van der Waals surface area contributed by atoms with Crippen LogP contribution in [0.25, 0.3) is 0 Å². The molecule has 0 spiro atoms. The van der Waals surface area contributed by atoms with Gasteiger partial charge in [-0.05, 0) is 30.3 Å². The predicted octanol–water partition coefficient (Wildman–Crippen LogP) is 3.77. The molecule has 4 rings (SSSR count). The highest BCUT2D eigenvalue weighted by molar-refractivity contribution is 6.31. The number of para-hydroxylation sites is 1. The highest BCUT2D eigenvalue weighted by Crippen LogP contribution is 2.24. The third kappa shape index (κ3) is 6.99. The zero-order valence-electron chi connectivity index (χ0n) is 19.2. The first kappa shape index (κ1) is 24.6. The highest BCUT2D eigenvalue weighted by Gasteiger charge is 2.22. The topological polar surface area (TPSA) is 81.8 Å². The van der Waals surface area contributed by atoms with E-state index < -0.39 is 0 Å². The van der Waals surface area contributed by atoms with Crippen LogP contribution in [0, 0.1) is 0 Å². The third-order valence-corrected chi connectivity index (χ3v) is 6.03. The van der Waals surface area contributed by atoms with E-state index in [0.717, 1.165) is 5.69 Å². The summed E-state index contributed by atoms with van der Waals surface area (Å²) in [5.74, 6) is -0.462. The van der Waals surface area contributed by atoms with Crippen LogP contribution in [0.15, 0.2) is 78.9 Å². The summed E-state index contributed by atoms with van der Waals surface area (Å²) in [6.07, 6.45) is 0. The Morgan fingerprint density at radius 2 is 1.26 bits per heavy atom. The maximum Gasteiger partial charge on any atom is 0.238 e. The first-order valence-corrected chi connectivity index (χ1v) is 11.8. The maximum atomic E-state index is 13.0. The number of nitrogens with zero attached hydrogens (tertiary/aromatic N) is 2. The van der Waals surface area contributed by atoms with Crippen LogP contribution < -0.4 is 10.6 Å². The van der Waals surface area contributed by atoms with Crippen LogP contribution in [-0.4, -0.2) is 66.7 Å². The summed E-state index contributed by atoms with van der Waals surface area (Å²) < 4.78 is 0. The summed E-state index contributed by atoms with van der Waals surface area (Å²) in [5, 5.41) is 6.19. The molecule has 0 aromatic heterocycles. The molecular formula is C27H27ClN4O3. The van der Waals surface area contributed by atoms with E-state index in [1.807, 2.05) is 41.3 Å². The second-order valence-electron chi connectivity index (χ2n) is 8.40. The summed E-state index contributed by atoms with van der Waals surface area (Å²) >= 11 is 6.13. The molecule has 0 radical (unpaired) electrons. The van der Waals surface area contributed by atoms with E-state index in [-0.39, 0.29) is 24.1 Å². The van der Waals surface area contributed by atoms with E-state index in [1.165, 1.54) is 0 Å². The fraction of sp³-hybridized carbons (Fsp3) is 0.222. The standard InChI is InChI=1S/C27H27ClN4O3/c28-21-11-12-24(23(17-21)27(35)20-7-3-1-4-8-20)30-26(34)19-32-15-13-31(14-16-32)18-25(33)29-22-9-5-2-6-10-22/h1-12,17H,13-16,18-19H2,(H,29,33)(H,30,34). The fourth-order valence-corrected chi connectivity index (χ4v) is 4.15. The lowest BCUT2D eigenvalue weighted by Crippen LogP contribution is -2.50. The minimum atomic E-state index is -0.204. The maximum absolute atomic E-state index is 13.0. The summed E-state index contributed by atoms with van der Waals surface area (Å²) in [5.41, 5.74) is 2.09. The van der Waals surface area contributed by atoms with Crippen molar-refractivity contribution in [3.8, 4) is 0 Å². The molecule has 0 bridgehead atoms. The number of hydrogen-bond acceptors (Lipinski definition) is 5. The molecule has 0 aliphatic carbocycles. The number of carbonyl (C=O) groups is 3. The number of nitrogens with one attached hydrogen (secondary N) is 2. The van der Waals surface area contributed by atoms with Crippen molar-refractivity contribution in [2.24, 2.45) is 0 Å². The lowest BCUT2D eigenvalue weighted by molar-refractivity contribution is -0.120. The molecule has 1 heterocycles. The molecule has 180 valence electrons. The molecule has 1 saturated heterocycles. The summed E-state index contributed by atoms with van der Waals surface area (Å²) in [6.45, 7) is 3.23. The van der Waals surface area contributed by atoms with Crippen molar-refractivity contribution in [2.45, 2.75) is 0 Å². The van der Waals surface area contributed by atoms with E-state index >= 15 is 0 Å². The number of piperazine rings is 1. The SMILES string of the molecule is O=C(CN1CCN(CC(=O)Nc2ccc(Cl)cc2C(=O)c2ccccc2)CC1)Nc1ccccc1. The Balaban J connectivity index is 1.28. The van der Waals surface area contributed by atoms with Gasteiger partial charge in [0.2, 0.25) is 11.8 Å². The molecule has 3 aromatic rings. The number of halogens is 1. The number of amides is 2. The van der Waals surface area contributed by atoms with Crippen LogP contribution in [0.4, 0.5) is 11.4 Å². The van der Waals surface area contributed by atoms with Gasteiger partial charge in [0.25, 0.3) is 0 Å². The van der Waals surface area contributed by atoms with Crippen LogP contribution in [-0.2, 0) is 9.59 Å². The van der Waals surface area contributed by atoms with Gasteiger partial charge in [0, 0.05) is 48.0 Å². The van der Waals surface area contributed by atoms with E-state index in [2.05, 4.69) is 15.5 Å². The highest BCUT2D eigenvalue weighted by atomic mass is 35.5. The Morgan fingerprint density at radius 3 is 1.86 bits per heavy atom. The third-order valence-electron chi connectivity index (χ3n) is 5.79. The Morgan fingerprint density at radius 1 is 0.714 bits per heavy atom. The zero-order valence-corrected chi connectivity index (χ0v) is 20.0. The van der Waals surface area contributed by atoms with Crippen LogP contribution in [0.5, 0.6) is 0 Å². The molecule has 1 aliphatic heterocycles. The molecule has 3 aromatic carbocycles. The Kier molecular flexibility index (Phi) is 8.26. The van der Waals surface area contributed by atoms with Crippen LogP contribution in [0.3, 0.4) is 0 Å². The van der Waals surface area contributed by atoms with Crippen LogP contribution in [0.1, 0.15) is 15.9 Å². The molecule has 0 unspecified atom stereocenters. The Hall–Kier alpha value is -3.52. The van der Waals surface area contributed by atoms with Crippen molar-refractivity contribution in [3.63, 3.8) is 0 Å². The van der Waals surface area contributed by atoms with E-state index in [9.17, 15) is 14.4 Å². The van der Waals surface area contributed by atoms with Crippen molar-refractivity contribution in [2.75, 3.05) is 49.9 Å². The van der Waals surface area contributed by atoms with Crippen molar-refractivity contribution < 1.29 is 14.4 Å². The van der Waals surface area contributed by atoms with Crippen LogP contribution >= 0.6 is 11.6 Å². The molecule has 0 atom stereocenters. The lowest BCUT2D eigenvalue weighted by atomic mass is 10.0. The van der Waals surface area contributed by atoms with E-state index in [0.29, 0.717) is 54.6 Å². The van der Waals surface area contributed by atoms with Gasteiger partial charge < -0.3 is 10.6 Å². The molecule has 1 aliphatic rings. The minimum absolute atomic E-state index is 0.0549. The van der Waals surface area contributed by atoms with E-state index in [4.69, 9.17) is 11.6 Å². The number of hydrogen-bond donors (Lipinski definition) is 2. The monoisotopic (exact) mass is 490 g/mol. The second kappa shape index (κ2) is 11.8. The van der Waals surface area contributed by atoms with Gasteiger partial charge in [0.05, 0.1) is 18.8 Å². The van der Waals surface area contributed by atoms with Crippen molar-refractivity contribution in [3.05, 3.63) is 95.0 Å². The number of carbonyl (C=O) groups excluding carboxylic acids is 3. The number of ketones is 1. The van der Waals surface area contributed by atoms with Gasteiger partial charge in [-0.1, -0.05) is 60.1 Å². The van der Waals surface area contributed by atoms with Gasteiger partial charge in [-0.15, -0.1) is 0 Å². The van der Waals surface area contributed by atoms with E-state index in [1.54, 1.807) is 42.5 Å². The molecule has 35 heavy (non-hydrogen) atoms. The van der Waals surface area contributed by atoms with Crippen molar-refractivity contribution >= 4 is 40.6 Å². The van der Waals surface area contributed by atoms with Gasteiger partial charge in [-0.3, -0.25) is 24.2 Å². The number of rotatable bonds is 8. The molecular weight excluding hydrogens is 464 g/mol. The molecule has 8 heteroatoms. The predicted molar refractivity (Wildman–Crippen MR) is 138 cm³/mol. The fourth-order valence-electron chi connectivity index (χ4n) is 3.98. The molecule has 7 nitrogen and oxygen atoms in total. The van der Waals surface area contributed by atoms with Gasteiger partial charge >= 0.3 is 0 Å². The second-order valence-corrected chi connectivity index (χ2v) is 8.84. The largest absolute Gasteiger partial charge is 0.325 e. The summed E-state index contributed by atoms with van der Waals surface area (Å²) in [7, 11) is 0. The Bertz CT molecular complexity index is 1180. The number of anilines is 2. The van der Waals surface area contributed by atoms with Gasteiger partial charge in [-0.25, -0.2) is 0 Å². The summed E-state index contributed by atoms with van der Waals surface area (Å²) in [4.78, 5) is 42.1. The number of benzene rings is 3. The molecule has 2 N–H and O–H groups in total. The average Bonchev–Trinajstić information content (AvgIpc) is 2.87. The minimum Gasteiger partial charge on any atom is -0.325 e. The zero-order chi connectivity index (χ0) is 24.6. The van der Waals surface area contributed by atoms with Gasteiger partial charge in [0.1, 0.15) is 0 Å². The average molecular weight is 491 g/mol. The first-order chi connectivity index (χ1) is 17.0. The smallest absolute Gasteiger partial charge is 0.238 e. The van der Waals surface area contributed by atoms with Crippen molar-refractivity contribution in [1.29, 1.82) is 0 Å². The first-order valence-electron chi connectivity index (χ1n) is 11.5. The quantitative estimate of drug-likeness (QED) is 0.470.